The predicted octanol–water partition coefficient (Wildman–Crippen LogP) is 3.13. The van der Waals surface area contributed by atoms with Crippen LogP contribution in [0.2, 0.25) is 6.82 Å². The first-order valence-corrected chi connectivity index (χ1v) is 10.3. The molecule has 1 aromatic heterocycles. The highest BCUT2D eigenvalue weighted by Crippen LogP contribution is 2.26. The molecule has 160 valence electrons. The zero-order valence-corrected chi connectivity index (χ0v) is 17.3. The van der Waals surface area contributed by atoms with Crippen LogP contribution in [-0.4, -0.2) is 53.3 Å². The van der Waals surface area contributed by atoms with E-state index in [0.717, 1.165) is 31.5 Å². The Labute approximate surface area is 175 Å². The van der Waals surface area contributed by atoms with Crippen LogP contribution in [0.25, 0.3) is 0 Å². The zero-order valence-electron chi connectivity index (χ0n) is 17.3. The number of aromatic amines is 1. The number of rotatable bonds is 9. The van der Waals surface area contributed by atoms with Crippen LogP contribution in [0.3, 0.4) is 0 Å². The molecule has 1 heterocycles. The van der Waals surface area contributed by atoms with E-state index in [1.54, 1.807) is 12.9 Å². The van der Waals surface area contributed by atoms with Crippen LogP contribution in [0, 0.1) is 5.82 Å². The molecule has 0 bridgehead atoms. The summed E-state index contributed by atoms with van der Waals surface area (Å²) in [6.07, 6.45) is 4.36. The molecular formula is C21H27BFN3O4. The zero-order chi connectivity index (χ0) is 21.7. The number of aromatic nitrogens is 1. The number of anilines is 1. The molecule has 7 nitrogen and oxygen atoms in total. The van der Waals surface area contributed by atoms with Crippen LogP contribution in [0.4, 0.5) is 10.1 Å². The van der Waals surface area contributed by atoms with E-state index < -0.39 is 18.8 Å². The Morgan fingerprint density at radius 3 is 2.87 bits per heavy atom. The maximum Gasteiger partial charge on any atom is 0.376 e. The van der Waals surface area contributed by atoms with Crippen LogP contribution in [0.5, 0.6) is 5.75 Å². The van der Waals surface area contributed by atoms with E-state index in [2.05, 4.69) is 10.3 Å². The van der Waals surface area contributed by atoms with Crippen LogP contribution >= 0.6 is 0 Å². The summed E-state index contributed by atoms with van der Waals surface area (Å²) in [6.45, 7) is 5.12. The first-order chi connectivity index (χ1) is 14.4. The van der Waals surface area contributed by atoms with Crippen LogP contribution in [-0.2, 0) is 6.42 Å². The Balaban J connectivity index is 1.61. The van der Waals surface area contributed by atoms with Crippen molar-refractivity contribution in [1.82, 2.24) is 9.79 Å². The van der Waals surface area contributed by atoms with Gasteiger partial charge in [0.05, 0.1) is 11.1 Å². The summed E-state index contributed by atoms with van der Waals surface area (Å²) < 4.78 is 19.9. The third-order valence-electron chi connectivity index (χ3n) is 5.18. The fourth-order valence-electron chi connectivity index (χ4n) is 3.65. The third kappa shape index (κ3) is 5.09. The summed E-state index contributed by atoms with van der Waals surface area (Å²) in [5.74, 6) is -1.03. The Kier molecular flexibility index (Phi) is 7.28. The second-order valence-electron chi connectivity index (χ2n) is 7.45. The second-order valence-corrected chi connectivity index (χ2v) is 7.45. The highest BCUT2D eigenvalue weighted by Gasteiger charge is 2.26. The quantitative estimate of drug-likeness (QED) is 0.547. The number of H-pyrrole nitrogens is 1. The molecule has 0 radical (unpaired) electrons. The fraction of sp³-hybridized carbons (Fsp3) is 0.429. The summed E-state index contributed by atoms with van der Waals surface area (Å²) in [6, 6.07) is 4.19. The lowest BCUT2D eigenvalue weighted by atomic mass is 9.85. The number of nitrogens with one attached hydrogen (secondary N) is 2. The third-order valence-corrected chi connectivity index (χ3v) is 5.18. The van der Waals surface area contributed by atoms with Gasteiger partial charge in [0.15, 0.2) is 17.3 Å². The fourth-order valence-corrected chi connectivity index (χ4v) is 3.65. The number of carbonyl (C=O) groups is 2. The molecule has 1 aromatic carbocycles. The number of nitrogens with zero attached hydrogens (tertiary/aromatic N) is 1. The lowest BCUT2D eigenvalue weighted by Gasteiger charge is -2.22. The van der Waals surface area contributed by atoms with Crippen molar-refractivity contribution in [2.75, 3.05) is 25.0 Å². The molecule has 3 rings (SSSR count). The van der Waals surface area contributed by atoms with Crippen molar-refractivity contribution in [1.29, 1.82) is 0 Å². The minimum atomic E-state index is -0.598. The molecule has 1 aliphatic rings. The largest absolute Gasteiger partial charge is 0.489 e. The molecule has 0 saturated heterocycles. The highest BCUT2D eigenvalue weighted by atomic mass is 19.1. The van der Waals surface area contributed by atoms with Crippen molar-refractivity contribution >= 4 is 24.4 Å². The molecule has 3 N–H and O–H groups in total. The lowest BCUT2D eigenvalue weighted by Crippen LogP contribution is -2.40. The Bertz CT molecular complexity index is 916. The number of hydrogen-bond acceptors (Lipinski definition) is 5. The Morgan fingerprint density at radius 2 is 2.17 bits per heavy atom. The Hall–Kier alpha value is -2.65. The van der Waals surface area contributed by atoms with Gasteiger partial charge in [-0.2, -0.15) is 0 Å². The van der Waals surface area contributed by atoms with Gasteiger partial charge in [0.25, 0.3) is 5.91 Å². The van der Waals surface area contributed by atoms with Crippen LogP contribution in [0.1, 0.15) is 52.6 Å². The molecule has 1 aliphatic carbocycles. The number of ketones is 1. The van der Waals surface area contributed by atoms with E-state index in [-0.39, 0.29) is 29.4 Å². The number of amides is 1. The van der Waals surface area contributed by atoms with Gasteiger partial charge in [-0.05, 0) is 44.8 Å². The van der Waals surface area contributed by atoms with E-state index in [1.807, 2.05) is 11.7 Å². The number of aryl methyl sites for hydroxylation is 1. The molecule has 30 heavy (non-hydrogen) atoms. The summed E-state index contributed by atoms with van der Waals surface area (Å²) in [4.78, 5) is 29.6. The molecule has 0 aliphatic heterocycles. The van der Waals surface area contributed by atoms with Gasteiger partial charge in [-0.1, -0.05) is 6.92 Å². The average molecular weight is 415 g/mol. The molecule has 0 atom stereocenters. The molecule has 0 spiro atoms. The minimum absolute atomic E-state index is 0.0492. The van der Waals surface area contributed by atoms with Gasteiger partial charge in [-0.3, -0.25) is 9.59 Å². The van der Waals surface area contributed by atoms with Crippen molar-refractivity contribution < 1.29 is 23.7 Å². The lowest BCUT2D eigenvalue weighted by molar-refractivity contribution is 0.0956. The monoisotopic (exact) mass is 415 g/mol. The molecule has 1 amide bonds. The molecule has 2 aromatic rings. The molecule has 9 heteroatoms. The number of fused-ring (bicyclic) bond motifs is 1. The van der Waals surface area contributed by atoms with Crippen molar-refractivity contribution in [2.45, 2.75) is 39.4 Å². The first-order valence-electron chi connectivity index (χ1n) is 10.3. The van der Waals surface area contributed by atoms with Gasteiger partial charge in [0.1, 0.15) is 6.61 Å². The van der Waals surface area contributed by atoms with Crippen LogP contribution in [0.15, 0.2) is 24.4 Å². The molecular weight excluding hydrogens is 388 g/mol. The SMILES string of the molecule is CCCN(CCOc1ccc(NC(=O)c2c[nH]c3c2C(=O)CCC3)cc1F)B(C)O. The average Bonchev–Trinajstić information content (AvgIpc) is 3.14. The van der Waals surface area contributed by atoms with Crippen LogP contribution < -0.4 is 10.1 Å². The number of ether oxygens (including phenoxy) is 1. The predicted molar refractivity (Wildman–Crippen MR) is 114 cm³/mol. The highest BCUT2D eigenvalue weighted by molar-refractivity contribution is 6.45. The van der Waals surface area contributed by atoms with Gasteiger partial charge in [-0.25, -0.2) is 4.39 Å². The number of benzene rings is 1. The first kappa shape index (κ1) is 22.0. The molecule has 0 unspecified atom stereocenters. The van der Waals surface area contributed by atoms with Gasteiger partial charge in [0.2, 0.25) is 0 Å². The van der Waals surface area contributed by atoms with E-state index in [1.165, 1.54) is 18.3 Å². The second kappa shape index (κ2) is 9.91. The number of halogens is 1. The van der Waals surface area contributed by atoms with Gasteiger partial charge in [0, 0.05) is 36.6 Å². The van der Waals surface area contributed by atoms with Gasteiger partial charge >= 0.3 is 7.05 Å². The van der Waals surface area contributed by atoms with Crippen molar-refractivity contribution in [3.05, 3.63) is 47.0 Å². The summed E-state index contributed by atoms with van der Waals surface area (Å²) in [5.41, 5.74) is 1.78. The Morgan fingerprint density at radius 1 is 1.37 bits per heavy atom. The van der Waals surface area contributed by atoms with Crippen molar-refractivity contribution in [2.24, 2.45) is 0 Å². The van der Waals surface area contributed by atoms with Gasteiger partial charge in [-0.15, -0.1) is 0 Å². The normalized spacial score (nSPS) is 13.3. The maximum atomic E-state index is 14.4. The number of hydrogen-bond donors (Lipinski definition) is 3. The van der Waals surface area contributed by atoms with Crippen molar-refractivity contribution in [3.63, 3.8) is 0 Å². The topological polar surface area (TPSA) is 94.7 Å². The van der Waals surface area contributed by atoms with E-state index in [9.17, 15) is 19.0 Å². The summed E-state index contributed by atoms with van der Waals surface area (Å²) in [7, 11) is -0.595. The molecule has 0 fully saturated rings. The summed E-state index contributed by atoms with van der Waals surface area (Å²) in [5, 5.41) is 12.4. The van der Waals surface area contributed by atoms with Gasteiger partial charge < -0.3 is 24.9 Å². The maximum absolute atomic E-state index is 14.4. The summed E-state index contributed by atoms with van der Waals surface area (Å²) >= 11 is 0. The minimum Gasteiger partial charge on any atom is -0.489 e. The van der Waals surface area contributed by atoms with E-state index >= 15 is 0 Å². The molecule has 0 saturated carbocycles. The number of Topliss-reactive ketones (excluding diaryl/α,β-unsaturated/α-hetero) is 1. The standard InChI is InChI=1S/C21H27BFN3O4/c1-3-9-26(22(2)29)10-11-30-19-8-7-14(12-16(19)23)25-21(28)15-13-24-17-5-4-6-18(27)20(15)17/h7-8,12-13,24,29H,3-6,9-11H2,1-2H3,(H,25,28). The smallest absolute Gasteiger partial charge is 0.376 e. The number of carbonyl (C=O) groups excluding carboxylic acids is 2. The van der Waals surface area contributed by atoms with Crippen molar-refractivity contribution in [3.8, 4) is 5.75 Å². The van der Waals surface area contributed by atoms with E-state index in [4.69, 9.17) is 4.74 Å². The van der Waals surface area contributed by atoms with E-state index in [0.29, 0.717) is 18.5 Å².